The molecule has 0 radical (unpaired) electrons. The van der Waals surface area contributed by atoms with Crippen LogP contribution in [-0.4, -0.2) is 47.8 Å². The lowest BCUT2D eigenvalue weighted by molar-refractivity contribution is -0.136. The van der Waals surface area contributed by atoms with Gasteiger partial charge in [0.15, 0.2) is 0 Å². The van der Waals surface area contributed by atoms with E-state index in [-0.39, 0.29) is 24.7 Å². The number of piperazine rings is 1. The lowest BCUT2D eigenvalue weighted by atomic mass is 10.2. The molecule has 22 heavy (non-hydrogen) atoms. The zero-order chi connectivity index (χ0) is 15.7. The summed E-state index contributed by atoms with van der Waals surface area (Å²) in [6.45, 7) is 2.58. The van der Waals surface area contributed by atoms with E-state index in [1.165, 1.54) is 12.1 Å². The van der Waals surface area contributed by atoms with Crippen LogP contribution in [-0.2, 0) is 11.3 Å². The molecular formula is C16H19F3N2O. The molecule has 1 atom stereocenters. The number of halogens is 3. The maximum atomic E-state index is 12.9. The molecule has 2 aliphatic rings. The van der Waals surface area contributed by atoms with E-state index in [1.807, 2.05) is 4.90 Å². The fourth-order valence-electron chi connectivity index (χ4n) is 2.85. The van der Waals surface area contributed by atoms with Gasteiger partial charge in [0.2, 0.25) is 5.91 Å². The molecule has 1 aliphatic carbocycles. The van der Waals surface area contributed by atoms with Gasteiger partial charge in [0.25, 0.3) is 5.92 Å². The summed E-state index contributed by atoms with van der Waals surface area (Å²) in [6, 6.07) is 6.10. The summed E-state index contributed by atoms with van der Waals surface area (Å²) in [5, 5.41) is 0. The van der Waals surface area contributed by atoms with Gasteiger partial charge in [-0.15, -0.1) is 0 Å². The molecule has 6 heteroatoms. The van der Waals surface area contributed by atoms with Crippen LogP contribution in [0.4, 0.5) is 13.2 Å². The lowest BCUT2D eigenvalue weighted by Gasteiger charge is -2.34. The number of carbonyl (C=O) groups excluding carboxylic acids is 1. The highest BCUT2D eigenvalue weighted by Crippen LogP contribution is 2.50. The zero-order valence-electron chi connectivity index (χ0n) is 12.3. The Hall–Kier alpha value is -1.56. The van der Waals surface area contributed by atoms with E-state index >= 15 is 0 Å². The molecular weight excluding hydrogens is 293 g/mol. The van der Waals surface area contributed by atoms with Gasteiger partial charge in [-0.25, -0.2) is 13.2 Å². The SMILES string of the molecule is O=C1CN(CC[C@H]2CC2(F)F)CCN1Cc1ccc(F)cc1. The van der Waals surface area contributed by atoms with E-state index in [4.69, 9.17) is 0 Å². The van der Waals surface area contributed by atoms with E-state index in [0.29, 0.717) is 32.6 Å². The van der Waals surface area contributed by atoms with Crippen molar-refractivity contribution in [3.05, 3.63) is 35.6 Å². The van der Waals surface area contributed by atoms with Crippen molar-refractivity contribution >= 4 is 5.91 Å². The van der Waals surface area contributed by atoms with Crippen molar-refractivity contribution in [3.63, 3.8) is 0 Å². The summed E-state index contributed by atoms with van der Waals surface area (Å²) in [7, 11) is 0. The number of benzene rings is 1. The summed E-state index contributed by atoms with van der Waals surface area (Å²) < 4.78 is 38.5. The van der Waals surface area contributed by atoms with E-state index in [1.54, 1.807) is 17.0 Å². The predicted molar refractivity (Wildman–Crippen MR) is 75.9 cm³/mol. The fraction of sp³-hybridized carbons (Fsp3) is 0.562. The number of amides is 1. The smallest absolute Gasteiger partial charge is 0.251 e. The van der Waals surface area contributed by atoms with Crippen molar-refractivity contribution in [2.45, 2.75) is 25.3 Å². The highest BCUT2D eigenvalue weighted by atomic mass is 19.3. The monoisotopic (exact) mass is 312 g/mol. The van der Waals surface area contributed by atoms with E-state index in [2.05, 4.69) is 0 Å². The summed E-state index contributed by atoms with van der Waals surface area (Å²) in [5.41, 5.74) is 0.890. The standard InChI is InChI=1S/C16H19F3N2O/c17-14-3-1-12(2-4-14)10-21-8-7-20(11-15(21)22)6-5-13-9-16(13,18)19/h1-4,13H,5-11H2/t13-/m0/s1. The highest BCUT2D eigenvalue weighted by Gasteiger charge is 2.56. The Morgan fingerprint density at radius 1 is 1.18 bits per heavy atom. The molecule has 1 aliphatic heterocycles. The predicted octanol–water partition coefficient (Wildman–Crippen LogP) is 2.52. The lowest BCUT2D eigenvalue weighted by Crippen LogP contribution is -2.50. The number of carbonyl (C=O) groups is 1. The van der Waals surface area contributed by atoms with Crippen molar-refractivity contribution in [3.8, 4) is 0 Å². The molecule has 1 amide bonds. The van der Waals surface area contributed by atoms with Crippen LogP contribution in [0.5, 0.6) is 0 Å². The molecule has 0 aromatic heterocycles. The van der Waals surface area contributed by atoms with Gasteiger partial charge in [-0.1, -0.05) is 12.1 Å². The van der Waals surface area contributed by atoms with Gasteiger partial charge >= 0.3 is 0 Å². The minimum atomic E-state index is -2.48. The molecule has 1 saturated carbocycles. The zero-order valence-corrected chi connectivity index (χ0v) is 12.3. The van der Waals surface area contributed by atoms with Crippen molar-refractivity contribution < 1.29 is 18.0 Å². The maximum Gasteiger partial charge on any atom is 0.251 e. The first-order chi connectivity index (χ1) is 10.4. The summed E-state index contributed by atoms with van der Waals surface area (Å²) in [5.74, 6) is -3.27. The minimum absolute atomic E-state index is 0.00173. The number of rotatable bonds is 5. The van der Waals surface area contributed by atoms with Crippen LogP contribution < -0.4 is 0 Å². The number of hydrogen-bond donors (Lipinski definition) is 0. The average molecular weight is 312 g/mol. The third-order valence-corrected chi connectivity index (χ3v) is 4.43. The van der Waals surface area contributed by atoms with E-state index in [9.17, 15) is 18.0 Å². The molecule has 0 N–H and O–H groups in total. The number of nitrogens with zero attached hydrogens (tertiary/aromatic N) is 2. The first kappa shape index (κ1) is 15.3. The maximum absolute atomic E-state index is 12.9. The Balaban J connectivity index is 1.45. The Labute approximate surface area is 127 Å². The van der Waals surface area contributed by atoms with Gasteiger partial charge in [-0.3, -0.25) is 9.69 Å². The second-order valence-electron chi connectivity index (χ2n) is 6.17. The molecule has 1 aromatic carbocycles. The van der Waals surface area contributed by atoms with Crippen LogP contribution >= 0.6 is 0 Å². The molecule has 1 aromatic rings. The molecule has 0 unspecified atom stereocenters. The molecule has 3 nitrogen and oxygen atoms in total. The number of alkyl halides is 2. The Morgan fingerprint density at radius 3 is 2.45 bits per heavy atom. The van der Waals surface area contributed by atoms with Crippen molar-refractivity contribution in [1.82, 2.24) is 9.80 Å². The molecule has 2 fully saturated rings. The van der Waals surface area contributed by atoms with Gasteiger partial charge in [-0.05, 0) is 30.7 Å². The Kier molecular flexibility index (Phi) is 4.12. The molecule has 0 bridgehead atoms. The van der Waals surface area contributed by atoms with Gasteiger partial charge in [0.1, 0.15) is 5.82 Å². The molecule has 1 heterocycles. The van der Waals surface area contributed by atoms with Crippen LogP contribution in [0.25, 0.3) is 0 Å². The average Bonchev–Trinajstić information content (AvgIpc) is 3.09. The Morgan fingerprint density at radius 2 is 1.86 bits per heavy atom. The van der Waals surface area contributed by atoms with Crippen molar-refractivity contribution in [1.29, 1.82) is 0 Å². The second kappa shape index (κ2) is 5.91. The highest BCUT2D eigenvalue weighted by molar-refractivity contribution is 5.79. The number of hydrogen-bond acceptors (Lipinski definition) is 2. The second-order valence-corrected chi connectivity index (χ2v) is 6.17. The van der Waals surface area contributed by atoms with Gasteiger partial charge < -0.3 is 4.90 Å². The van der Waals surface area contributed by atoms with Crippen LogP contribution in [0, 0.1) is 11.7 Å². The molecule has 3 rings (SSSR count). The first-order valence-corrected chi connectivity index (χ1v) is 7.56. The minimum Gasteiger partial charge on any atom is -0.336 e. The fourth-order valence-corrected chi connectivity index (χ4v) is 2.85. The van der Waals surface area contributed by atoms with Crippen molar-refractivity contribution in [2.75, 3.05) is 26.2 Å². The van der Waals surface area contributed by atoms with Gasteiger partial charge in [0, 0.05) is 32.0 Å². The third-order valence-electron chi connectivity index (χ3n) is 4.43. The topological polar surface area (TPSA) is 23.6 Å². The molecule has 0 spiro atoms. The molecule has 120 valence electrons. The van der Waals surface area contributed by atoms with Crippen LogP contribution in [0.15, 0.2) is 24.3 Å². The van der Waals surface area contributed by atoms with Crippen LogP contribution in [0.3, 0.4) is 0 Å². The Bertz CT molecular complexity index is 547. The van der Waals surface area contributed by atoms with Crippen molar-refractivity contribution in [2.24, 2.45) is 5.92 Å². The van der Waals surface area contributed by atoms with Gasteiger partial charge in [0.05, 0.1) is 6.54 Å². The third kappa shape index (κ3) is 3.61. The summed E-state index contributed by atoms with van der Waals surface area (Å²) in [4.78, 5) is 15.8. The largest absolute Gasteiger partial charge is 0.336 e. The normalized spacial score (nSPS) is 24.6. The quantitative estimate of drug-likeness (QED) is 0.834. The summed E-state index contributed by atoms with van der Waals surface area (Å²) in [6.07, 6.45) is 0.448. The first-order valence-electron chi connectivity index (χ1n) is 7.56. The van der Waals surface area contributed by atoms with E-state index in [0.717, 1.165) is 5.56 Å². The summed E-state index contributed by atoms with van der Waals surface area (Å²) >= 11 is 0. The van der Waals surface area contributed by atoms with Crippen LogP contribution in [0.2, 0.25) is 0 Å². The van der Waals surface area contributed by atoms with Gasteiger partial charge in [-0.2, -0.15) is 0 Å². The molecule has 1 saturated heterocycles. The van der Waals surface area contributed by atoms with Crippen LogP contribution in [0.1, 0.15) is 18.4 Å². The van der Waals surface area contributed by atoms with E-state index < -0.39 is 11.8 Å².